The minimum atomic E-state index is -0.520. The molecule has 0 aliphatic heterocycles. The van der Waals surface area contributed by atoms with Gasteiger partial charge in [-0.2, -0.15) is 0 Å². The molecule has 4 heteroatoms. The van der Waals surface area contributed by atoms with E-state index < -0.39 is 18.0 Å². The van der Waals surface area contributed by atoms with Crippen LogP contribution in [0.4, 0.5) is 0 Å². The predicted molar refractivity (Wildman–Crippen MR) is 134 cm³/mol. The number of benzene rings is 2. The average Bonchev–Trinajstić information content (AvgIpc) is 2.84. The van der Waals surface area contributed by atoms with Crippen LogP contribution in [0.15, 0.2) is 48.5 Å². The van der Waals surface area contributed by atoms with Crippen molar-refractivity contribution in [2.45, 2.75) is 91.1 Å². The molecule has 0 aliphatic rings. The van der Waals surface area contributed by atoms with Crippen LogP contribution in [-0.2, 0) is 22.3 Å². The number of hydrogen-bond acceptors (Lipinski definition) is 4. The lowest BCUT2D eigenvalue weighted by molar-refractivity contribution is 0.00448. The predicted octanol–water partition coefficient (Wildman–Crippen LogP) is 7.33. The lowest BCUT2D eigenvalue weighted by Gasteiger charge is -2.14. The topological polar surface area (TPSA) is 52.6 Å². The summed E-state index contributed by atoms with van der Waals surface area (Å²) in [6.45, 7) is 6.16. The molecule has 180 valence electrons. The Morgan fingerprint density at radius 2 is 1.12 bits per heavy atom. The van der Waals surface area contributed by atoms with Crippen molar-refractivity contribution >= 4 is 11.9 Å². The van der Waals surface area contributed by atoms with E-state index in [4.69, 9.17) is 9.47 Å². The van der Waals surface area contributed by atoms with E-state index in [0.717, 1.165) is 12.8 Å². The average molecular weight is 453 g/mol. The molecule has 0 aliphatic carbocycles. The van der Waals surface area contributed by atoms with Gasteiger partial charge in [0.25, 0.3) is 0 Å². The van der Waals surface area contributed by atoms with Gasteiger partial charge in [-0.15, -0.1) is 0 Å². The molecule has 1 atom stereocenters. The number of carbonyl (C=O) groups is 2. The number of carbonyl (C=O) groups excluding carboxylic acids is 2. The molecule has 0 saturated heterocycles. The monoisotopic (exact) mass is 452 g/mol. The van der Waals surface area contributed by atoms with Gasteiger partial charge in [0.1, 0.15) is 12.7 Å². The van der Waals surface area contributed by atoms with Crippen LogP contribution in [0.3, 0.4) is 0 Å². The van der Waals surface area contributed by atoms with Crippen molar-refractivity contribution < 1.29 is 19.1 Å². The molecule has 33 heavy (non-hydrogen) atoms. The summed E-state index contributed by atoms with van der Waals surface area (Å²) in [5.74, 6) is -0.800. The number of hydrogen-bond donors (Lipinski definition) is 0. The van der Waals surface area contributed by atoms with E-state index in [0.29, 0.717) is 11.1 Å². The van der Waals surface area contributed by atoms with E-state index in [1.165, 1.54) is 62.5 Å². The Hall–Kier alpha value is -2.62. The first-order valence-corrected chi connectivity index (χ1v) is 12.6. The van der Waals surface area contributed by atoms with Gasteiger partial charge >= 0.3 is 11.9 Å². The smallest absolute Gasteiger partial charge is 0.338 e. The van der Waals surface area contributed by atoms with E-state index in [1.54, 1.807) is 31.2 Å². The van der Waals surface area contributed by atoms with Crippen LogP contribution in [0.1, 0.15) is 104 Å². The van der Waals surface area contributed by atoms with Crippen LogP contribution in [-0.4, -0.2) is 24.6 Å². The fourth-order valence-electron chi connectivity index (χ4n) is 3.69. The van der Waals surface area contributed by atoms with Crippen molar-refractivity contribution in [3.05, 3.63) is 70.8 Å². The Labute approximate surface area is 199 Å². The Morgan fingerprint density at radius 3 is 1.58 bits per heavy atom. The van der Waals surface area contributed by atoms with Gasteiger partial charge in [-0.3, -0.25) is 0 Å². The molecular formula is C29H40O4. The second-order valence-electron chi connectivity index (χ2n) is 8.83. The third-order valence-electron chi connectivity index (χ3n) is 5.77. The van der Waals surface area contributed by atoms with Crippen molar-refractivity contribution in [1.82, 2.24) is 0 Å². The molecule has 0 N–H and O–H groups in total. The van der Waals surface area contributed by atoms with Crippen LogP contribution < -0.4 is 0 Å². The number of esters is 2. The second-order valence-corrected chi connectivity index (χ2v) is 8.83. The summed E-state index contributed by atoms with van der Waals surface area (Å²) in [7, 11) is 0. The number of aryl methyl sites for hydroxylation is 2. The Kier molecular flexibility index (Phi) is 12.3. The molecular weight excluding hydrogens is 412 g/mol. The van der Waals surface area contributed by atoms with Crippen LogP contribution >= 0.6 is 0 Å². The Bertz CT molecular complexity index is 824. The van der Waals surface area contributed by atoms with Gasteiger partial charge in [0, 0.05) is 0 Å². The van der Waals surface area contributed by atoms with Gasteiger partial charge < -0.3 is 9.47 Å². The quantitative estimate of drug-likeness (QED) is 0.210. The van der Waals surface area contributed by atoms with Gasteiger partial charge in [-0.25, -0.2) is 9.59 Å². The van der Waals surface area contributed by atoms with Crippen molar-refractivity contribution in [2.24, 2.45) is 0 Å². The summed E-state index contributed by atoms with van der Waals surface area (Å²) in [6.07, 6.45) is 11.3. The first kappa shape index (κ1) is 26.6. The summed E-state index contributed by atoms with van der Waals surface area (Å²) in [6, 6.07) is 15.2. The molecule has 2 rings (SSSR count). The number of unbranched alkanes of at least 4 members (excludes halogenated alkanes) is 6. The van der Waals surface area contributed by atoms with Crippen LogP contribution in [0.5, 0.6) is 0 Å². The van der Waals surface area contributed by atoms with Crippen molar-refractivity contribution in [3.8, 4) is 0 Å². The van der Waals surface area contributed by atoms with Crippen LogP contribution in [0.2, 0.25) is 0 Å². The standard InChI is InChI=1S/C29H40O4/c1-4-6-8-10-12-24-14-18-26(19-15-24)28(30)32-22-23(3)33-29(31)27-20-16-25(17-21-27)13-11-9-7-5-2/h14-21,23H,4-13,22H2,1-3H3. The van der Waals surface area contributed by atoms with Gasteiger partial charge in [0.05, 0.1) is 11.1 Å². The molecule has 0 radical (unpaired) electrons. The van der Waals surface area contributed by atoms with Gasteiger partial charge in [-0.1, -0.05) is 76.6 Å². The zero-order valence-electron chi connectivity index (χ0n) is 20.6. The van der Waals surface area contributed by atoms with Crippen molar-refractivity contribution in [3.63, 3.8) is 0 Å². The Balaban J connectivity index is 1.72. The third kappa shape index (κ3) is 10.2. The van der Waals surface area contributed by atoms with E-state index in [2.05, 4.69) is 13.8 Å². The molecule has 0 heterocycles. The maximum atomic E-state index is 12.4. The van der Waals surface area contributed by atoms with Gasteiger partial charge in [0.15, 0.2) is 0 Å². The third-order valence-corrected chi connectivity index (χ3v) is 5.77. The zero-order chi connectivity index (χ0) is 23.9. The second kappa shape index (κ2) is 15.3. The highest BCUT2D eigenvalue weighted by molar-refractivity contribution is 5.90. The number of ether oxygens (including phenoxy) is 2. The molecule has 0 aromatic heterocycles. The zero-order valence-corrected chi connectivity index (χ0v) is 20.6. The summed E-state index contributed by atoms with van der Waals surface area (Å²) >= 11 is 0. The molecule has 0 spiro atoms. The molecule has 0 bridgehead atoms. The van der Waals surface area contributed by atoms with E-state index in [1.807, 2.05) is 24.3 Å². The van der Waals surface area contributed by atoms with Crippen LogP contribution in [0.25, 0.3) is 0 Å². The first-order valence-electron chi connectivity index (χ1n) is 12.6. The highest BCUT2D eigenvalue weighted by atomic mass is 16.6. The molecule has 0 amide bonds. The summed E-state index contributed by atoms with van der Waals surface area (Å²) in [5.41, 5.74) is 3.49. The lowest BCUT2D eigenvalue weighted by Crippen LogP contribution is -2.22. The largest absolute Gasteiger partial charge is 0.458 e. The lowest BCUT2D eigenvalue weighted by atomic mass is 10.0. The summed E-state index contributed by atoms with van der Waals surface area (Å²) in [4.78, 5) is 24.7. The minimum absolute atomic E-state index is 0.0266. The molecule has 1 unspecified atom stereocenters. The van der Waals surface area contributed by atoms with E-state index in [-0.39, 0.29) is 6.61 Å². The summed E-state index contributed by atoms with van der Waals surface area (Å²) in [5, 5.41) is 0. The van der Waals surface area contributed by atoms with Crippen molar-refractivity contribution in [2.75, 3.05) is 6.61 Å². The van der Waals surface area contributed by atoms with Gasteiger partial charge in [0.2, 0.25) is 0 Å². The minimum Gasteiger partial charge on any atom is -0.458 e. The normalized spacial score (nSPS) is 11.7. The summed E-state index contributed by atoms with van der Waals surface area (Å²) < 4.78 is 10.8. The highest BCUT2D eigenvalue weighted by Crippen LogP contribution is 2.13. The molecule has 0 saturated carbocycles. The fourth-order valence-corrected chi connectivity index (χ4v) is 3.69. The van der Waals surface area contributed by atoms with Gasteiger partial charge in [-0.05, 0) is 68.0 Å². The SMILES string of the molecule is CCCCCCc1ccc(C(=O)OCC(C)OC(=O)c2ccc(CCCCCC)cc2)cc1. The molecule has 4 nitrogen and oxygen atoms in total. The highest BCUT2D eigenvalue weighted by Gasteiger charge is 2.15. The molecule has 0 fully saturated rings. The maximum Gasteiger partial charge on any atom is 0.338 e. The van der Waals surface area contributed by atoms with E-state index in [9.17, 15) is 9.59 Å². The fraction of sp³-hybridized carbons (Fsp3) is 0.517. The first-order chi connectivity index (χ1) is 16.0. The van der Waals surface area contributed by atoms with Crippen molar-refractivity contribution in [1.29, 1.82) is 0 Å². The maximum absolute atomic E-state index is 12.4. The Morgan fingerprint density at radius 1 is 0.667 bits per heavy atom. The molecule has 2 aromatic carbocycles. The van der Waals surface area contributed by atoms with E-state index >= 15 is 0 Å². The van der Waals surface area contributed by atoms with Crippen LogP contribution in [0, 0.1) is 0 Å². The molecule has 2 aromatic rings. The number of rotatable bonds is 15.